The highest BCUT2D eigenvalue weighted by molar-refractivity contribution is 6.23. The van der Waals surface area contributed by atoms with E-state index in [1.807, 2.05) is 0 Å². The number of anilines is 1. The number of hydrogen-bond acceptors (Lipinski definition) is 4. The lowest BCUT2D eigenvalue weighted by Gasteiger charge is -2.19. The van der Waals surface area contributed by atoms with Crippen LogP contribution in [-0.4, -0.2) is 16.7 Å². The molecule has 0 N–H and O–H groups in total. The van der Waals surface area contributed by atoms with Gasteiger partial charge in [-0.2, -0.15) is 0 Å². The van der Waals surface area contributed by atoms with Crippen molar-refractivity contribution in [2.75, 3.05) is 4.90 Å². The maximum atomic E-state index is 13.1. The van der Waals surface area contributed by atoms with Crippen molar-refractivity contribution in [1.29, 1.82) is 0 Å². The van der Waals surface area contributed by atoms with Gasteiger partial charge in [0.1, 0.15) is 0 Å². The zero-order valence-electron chi connectivity index (χ0n) is 14.1. The molecule has 6 nitrogen and oxygen atoms in total. The van der Waals surface area contributed by atoms with Crippen LogP contribution in [0.1, 0.15) is 25.7 Å². The maximum absolute atomic E-state index is 13.1. The highest BCUT2D eigenvalue weighted by Crippen LogP contribution is 2.58. The quantitative estimate of drug-likeness (QED) is 0.354. The first-order chi connectivity index (χ1) is 12.6. The molecule has 0 unspecified atom stereocenters. The number of benzene rings is 1. The number of non-ortho nitro benzene ring substituents is 1. The van der Waals surface area contributed by atoms with E-state index in [1.54, 1.807) is 6.07 Å². The van der Waals surface area contributed by atoms with Gasteiger partial charge in [0.05, 0.1) is 22.4 Å². The number of imide groups is 1. The predicted molar refractivity (Wildman–Crippen MR) is 94.2 cm³/mol. The molecule has 132 valence electrons. The van der Waals surface area contributed by atoms with E-state index in [0.29, 0.717) is 5.69 Å². The van der Waals surface area contributed by atoms with Crippen LogP contribution in [-0.2, 0) is 9.59 Å². The second kappa shape index (κ2) is 5.37. The van der Waals surface area contributed by atoms with Crippen LogP contribution in [0.15, 0.2) is 47.6 Å². The van der Waals surface area contributed by atoms with Crippen LogP contribution in [0.3, 0.4) is 0 Å². The number of carbonyl (C=O) groups excluding carboxylic acids is 2. The Kier molecular flexibility index (Phi) is 3.20. The zero-order chi connectivity index (χ0) is 18.0. The molecule has 4 aliphatic rings. The first kappa shape index (κ1) is 15.5. The summed E-state index contributed by atoms with van der Waals surface area (Å²) in [4.78, 5) is 37.9. The van der Waals surface area contributed by atoms with Gasteiger partial charge in [-0.3, -0.25) is 19.7 Å². The average molecular weight is 350 g/mol. The summed E-state index contributed by atoms with van der Waals surface area (Å²) in [5, 5.41) is 11.0. The van der Waals surface area contributed by atoms with Gasteiger partial charge in [0.2, 0.25) is 11.8 Å². The normalized spacial score (nSPS) is 32.1. The minimum atomic E-state index is -0.511. The number of carbonyl (C=O) groups is 2. The van der Waals surface area contributed by atoms with Gasteiger partial charge in [-0.1, -0.05) is 29.4 Å². The SMILES string of the molecule is O=C1[C@@H]2[C@H](C(=O)N1c1cccc([N+](=O)[O-])c1)[C@@H]1C=C[C@@H]2C1=C1CCCC1. The van der Waals surface area contributed by atoms with Gasteiger partial charge in [-0.25, -0.2) is 4.90 Å². The molecule has 4 atom stereocenters. The van der Waals surface area contributed by atoms with E-state index in [2.05, 4.69) is 12.2 Å². The third-order valence-corrected chi connectivity index (χ3v) is 6.33. The molecule has 3 fully saturated rings. The fourth-order valence-corrected chi connectivity index (χ4v) is 5.33. The fourth-order valence-electron chi connectivity index (χ4n) is 5.33. The van der Waals surface area contributed by atoms with E-state index in [9.17, 15) is 19.7 Å². The summed E-state index contributed by atoms with van der Waals surface area (Å²) in [6.07, 6.45) is 8.73. The molecule has 1 heterocycles. The van der Waals surface area contributed by atoms with Crippen LogP contribution in [0.5, 0.6) is 0 Å². The second-order valence-electron chi connectivity index (χ2n) is 7.54. The van der Waals surface area contributed by atoms with E-state index >= 15 is 0 Å². The summed E-state index contributed by atoms with van der Waals surface area (Å²) in [5.41, 5.74) is 2.95. The zero-order valence-corrected chi connectivity index (χ0v) is 14.1. The fraction of sp³-hybridized carbons (Fsp3) is 0.400. The molecule has 2 bridgehead atoms. The van der Waals surface area contributed by atoms with Crippen molar-refractivity contribution < 1.29 is 14.5 Å². The molecule has 1 aromatic rings. The Bertz CT molecular complexity index is 874. The lowest BCUT2D eigenvalue weighted by molar-refractivity contribution is -0.384. The van der Waals surface area contributed by atoms with Crippen molar-refractivity contribution in [3.8, 4) is 0 Å². The first-order valence-electron chi connectivity index (χ1n) is 9.10. The monoisotopic (exact) mass is 350 g/mol. The number of amides is 2. The Labute approximate surface area is 150 Å². The van der Waals surface area contributed by atoms with Gasteiger partial charge in [0.15, 0.2) is 0 Å². The lowest BCUT2D eigenvalue weighted by Crippen LogP contribution is -2.33. The lowest BCUT2D eigenvalue weighted by atomic mass is 9.85. The molecule has 2 amide bonds. The molecule has 3 aliphatic carbocycles. The Hall–Kier alpha value is -2.76. The molecular formula is C20H18N2O4. The summed E-state index contributed by atoms with van der Waals surface area (Å²) in [5.74, 6) is -1.07. The number of nitro benzene ring substituents is 1. The smallest absolute Gasteiger partial charge is 0.271 e. The standard InChI is InChI=1S/C20H18N2O4/c23-19-17-14-8-9-15(16(14)11-4-1-2-5-11)18(17)20(24)21(19)12-6-3-7-13(10-12)22(25)26/h3,6-10,14-15,17-18H,1-2,4-5H2/t14-,15-,17-,18+/m1/s1. The molecule has 0 spiro atoms. The summed E-state index contributed by atoms with van der Waals surface area (Å²) < 4.78 is 0. The Balaban J connectivity index is 1.54. The van der Waals surface area contributed by atoms with Crippen LogP contribution >= 0.6 is 0 Å². The third-order valence-electron chi connectivity index (χ3n) is 6.33. The largest absolute Gasteiger partial charge is 0.274 e. The molecule has 1 saturated heterocycles. The Morgan fingerprint density at radius 1 is 1.00 bits per heavy atom. The van der Waals surface area contributed by atoms with Crippen LogP contribution in [0, 0.1) is 33.8 Å². The van der Waals surface area contributed by atoms with Crippen molar-refractivity contribution >= 4 is 23.2 Å². The van der Waals surface area contributed by atoms with Crippen LogP contribution in [0.25, 0.3) is 0 Å². The minimum absolute atomic E-state index is 0.0262. The Morgan fingerprint density at radius 3 is 2.19 bits per heavy atom. The van der Waals surface area contributed by atoms with E-state index < -0.39 is 4.92 Å². The van der Waals surface area contributed by atoms with Gasteiger partial charge < -0.3 is 0 Å². The summed E-state index contributed by atoms with van der Waals surface area (Å²) in [6, 6.07) is 5.78. The highest BCUT2D eigenvalue weighted by Gasteiger charge is 2.62. The summed E-state index contributed by atoms with van der Waals surface area (Å²) in [6.45, 7) is 0. The topological polar surface area (TPSA) is 80.5 Å². The van der Waals surface area contributed by atoms with E-state index in [1.165, 1.54) is 47.1 Å². The number of nitrogens with zero attached hydrogens (tertiary/aromatic N) is 2. The number of nitro groups is 1. The van der Waals surface area contributed by atoms with Gasteiger partial charge in [-0.05, 0) is 31.7 Å². The first-order valence-corrected chi connectivity index (χ1v) is 9.10. The van der Waals surface area contributed by atoms with E-state index in [4.69, 9.17) is 0 Å². The second-order valence-corrected chi connectivity index (χ2v) is 7.54. The van der Waals surface area contributed by atoms with E-state index in [0.717, 1.165) is 12.8 Å². The minimum Gasteiger partial charge on any atom is -0.274 e. The number of allylic oxidation sites excluding steroid dienone is 4. The third kappa shape index (κ3) is 1.92. The molecule has 26 heavy (non-hydrogen) atoms. The van der Waals surface area contributed by atoms with Crippen molar-refractivity contribution in [2.24, 2.45) is 23.7 Å². The van der Waals surface area contributed by atoms with Gasteiger partial charge in [0, 0.05) is 24.0 Å². The summed E-state index contributed by atoms with van der Waals surface area (Å²) >= 11 is 0. The van der Waals surface area contributed by atoms with Crippen molar-refractivity contribution in [3.05, 3.63) is 57.7 Å². The molecule has 1 aliphatic heterocycles. The summed E-state index contributed by atoms with van der Waals surface area (Å²) in [7, 11) is 0. The number of fused-ring (bicyclic) bond motifs is 5. The van der Waals surface area contributed by atoms with Gasteiger partial charge in [-0.15, -0.1) is 0 Å². The molecule has 0 radical (unpaired) electrons. The van der Waals surface area contributed by atoms with Crippen LogP contribution < -0.4 is 4.90 Å². The maximum Gasteiger partial charge on any atom is 0.271 e. The molecule has 1 aromatic carbocycles. The van der Waals surface area contributed by atoms with Crippen molar-refractivity contribution in [2.45, 2.75) is 25.7 Å². The predicted octanol–water partition coefficient (Wildman–Crippen LogP) is 3.39. The van der Waals surface area contributed by atoms with Crippen molar-refractivity contribution in [3.63, 3.8) is 0 Å². The number of rotatable bonds is 2. The molecular weight excluding hydrogens is 332 g/mol. The van der Waals surface area contributed by atoms with Gasteiger partial charge >= 0.3 is 0 Å². The Morgan fingerprint density at radius 2 is 1.62 bits per heavy atom. The highest BCUT2D eigenvalue weighted by atomic mass is 16.6. The van der Waals surface area contributed by atoms with Gasteiger partial charge in [0.25, 0.3) is 5.69 Å². The van der Waals surface area contributed by atoms with Crippen LogP contribution in [0.2, 0.25) is 0 Å². The van der Waals surface area contributed by atoms with Crippen molar-refractivity contribution in [1.82, 2.24) is 0 Å². The molecule has 5 rings (SSSR count). The molecule has 0 aromatic heterocycles. The van der Waals surface area contributed by atoms with Crippen LogP contribution in [0.4, 0.5) is 11.4 Å². The number of hydrogen-bond donors (Lipinski definition) is 0. The van der Waals surface area contributed by atoms with E-state index in [-0.39, 0.29) is 41.2 Å². The average Bonchev–Trinajstić information content (AvgIpc) is 3.38. The molecule has 6 heteroatoms. The molecule has 2 saturated carbocycles.